The minimum atomic E-state index is -0.434. The molecule has 0 rings (SSSR count). The summed E-state index contributed by atoms with van der Waals surface area (Å²) in [6.45, 7) is 3.65. The van der Waals surface area contributed by atoms with Gasteiger partial charge in [-0.2, -0.15) is 0 Å². The van der Waals surface area contributed by atoms with Gasteiger partial charge in [0.05, 0.1) is 6.04 Å². The van der Waals surface area contributed by atoms with Gasteiger partial charge in [-0.3, -0.25) is 0 Å². The first kappa shape index (κ1) is 8.63. The molecule has 0 aliphatic rings. The van der Waals surface area contributed by atoms with Crippen LogP contribution in [-0.4, -0.2) is 6.04 Å². The van der Waals surface area contributed by atoms with E-state index in [0.29, 0.717) is 0 Å². The molecule has 2 heteroatoms. The molecule has 0 saturated carbocycles. The molecule has 2 N–H and O–H groups in total. The molecule has 0 heterocycles. The van der Waals surface area contributed by atoms with Gasteiger partial charge in [-0.15, -0.1) is 0 Å². The fourth-order valence-corrected chi connectivity index (χ4v) is 0.468. The third kappa shape index (κ3) is 4.15. The summed E-state index contributed by atoms with van der Waals surface area (Å²) in [6, 6.07) is -0.434. The van der Waals surface area contributed by atoms with Crippen molar-refractivity contribution in [3.05, 3.63) is 11.9 Å². The molecule has 0 amide bonds. The predicted molar refractivity (Wildman–Crippen MR) is 37.7 cm³/mol. The summed E-state index contributed by atoms with van der Waals surface area (Å²) in [7, 11) is 0. The Bertz CT molecular complexity index is 97.1. The van der Waals surface area contributed by atoms with Crippen LogP contribution in [0.25, 0.3) is 0 Å². The van der Waals surface area contributed by atoms with Gasteiger partial charge < -0.3 is 5.73 Å². The lowest BCUT2D eigenvalue weighted by molar-refractivity contribution is 0.554. The molecule has 0 aliphatic heterocycles. The summed E-state index contributed by atoms with van der Waals surface area (Å²) in [5.74, 6) is -0.197. The molecule has 0 aromatic carbocycles. The van der Waals surface area contributed by atoms with E-state index in [4.69, 9.17) is 5.73 Å². The molecule has 0 aromatic rings. The smallest absolute Gasteiger partial charge is 0.112 e. The highest BCUT2D eigenvalue weighted by Gasteiger charge is 1.98. The van der Waals surface area contributed by atoms with E-state index < -0.39 is 6.04 Å². The minimum Gasteiger partial charge on any atom is -0.322 e. The summed E-state index contributed by atoms with van der Waals surface area (Å²) in [5, 5.41) is 0. The van der Waals surface area contributed by atoms with Crippen LogP contribution in [0.15, 0.2) is 11.9 Å². The molecule has 54 valence electrons. The van der Waals surface area contributed by atoms with Crippen LogP contribution in [0.1, 0.15) is 26.7 Å². The zero-order valence-corrected chi connectivity index (χ0v) is 6.02. The van der Waals surface area contributed by atoms with Gasteiger partial charge in [-0.1, -0.05) is 19.4 Å². The van der Waals surface area contributed by atoms with E-state index in [0.717, 1.165) is 12.8 Å². The maximum absolute atomic E-state index is 12.4. The lowest BCUT2D eigenvalue weighted by Gasteiger charge is -1.98. The Balaban J connectivity index is 3.55. The highest BCUT2D eigenvalue weighted by atomic mass is 19.1. The fraction of sp³-hybridized carbons (Fsp3) is 0.714. The average Bonchev–Trinajstić information content (AvgIpc) is 1.82. The third-order valence-electron chi connectivity index (χ3n) is 1.06. The molecule has 0 bridgehead atoms. The van der Waals surface area contributed by atoms with Crippen molar-refractivity contribution in [2.24, 2.45) is 5.73 Å². The Morgan fingerprint density at radius 3 is 2.67 bits per heavy atom. The number of unbranched alkanes of at least 4 members (excludes halogenated alkanes) is 1. The Kier molecular flexibility index (Phi) is 4.32. The van der Waals surface area contributed by atoms with Crippen LogP contribution in [0.3, 0.4) is 0 Å². The zero-order chi connectivity index (χ0) is 7.28. The fourth-order valence-electron chi connectivity index (χ4n) is 0.468. The Morgan fingerprint density at radius 2 is 2.33 bits per heavy atom. The van der Waals surface area contributed by atoms with Gasteiger partial charge in [-0.05, 0) is 13.3 Å². The first-order valence-electron chi connectivity index (χ1n) is 3.29. The van der Waals surface area contributed by atoms with Crippen LogP contribution in [0.5, 0.6) is 0 Å². The number of halogens is 1. The van der Waals surface area contributed by atoms with E-state index in [1.165, 1.54) is 0 Å². The SMILES string of the molecule is CCC/C=C(/F)C(C)N. The van der Waals surface area contributed by atoms with Gasteiger partial charge in [0.15, 0.2) is 0 Å². The first-order chi connectivity index (χ1) is 4.18. The Morgan fingerprint density at radius 1 is 1.78 bits per heavy atom. The van der Waals surface area contributed by atoms with Crippen molar-refractivity contribution in [3.8, 4) is 0 Å². The summed E-state index contributed by atoms with van der Waals surface area (Å²) in [6.07, 6.45) is 3.30. The number of nitrogens with two attached hydrogens (primary N) is 1. The molecule has 0 aromatic heterocycles. The van der Waals surface area contributed by atoms with Crippen LogP contribution < -0.4 is 5.73 Å². The van der Waals surface area contributed by atoms with Gasteiger partial charge >= 0.3 is 0 Å². The topological polar surface area (TPSA) is 26.0 Å². The quantitative estimate of drug-likeness (QED) is 0.622. The molecule has 0 radical (unpaired) electrons. The van der Waals surface area contributed by atoms with Crippen LogP contribution in [0.2, 0.25) is 0 Å². The van der Waals surface area contributed by atoms with Crippen molar-refractivity contribution in [2.75, 3.05) is 0 Å². The van der Waals surface area contributed by atoms with Crippen molar-refractivity contribution in [1.29, 1.82) is 0 Å². The van der Waals surface area contributed by atoms with Gasteiger partial charge in [-0.25, -0.2) is 4.39 Å². The molecule has 0 fully saturated rings. The van der Waals surface area contributed by atoms with E-state index in [1.807, 2.05) is 6.92 Å². The van der Waals surface area contributed by atoms with Gasteiger partial charge in [0.25, 0.3) is 0 Å². The standard InChI is InChI=1S/C7H14FN/c1-3-4-5-7(8)6(2)9/h5-6H,3-4,9H2,1-2H3/b7-5+. The average molecular weight is 131 g/mol. The van der Waals surface area contributed by atoms with E-state index in [9.17, 15) is 4.39 Å². The monoisotopic (exact) mass is 131 g/mol. The third-order valence-corrected chi connectivity index (χ3v) is 1.06. The molecule has 0 spiro atoms. The number of hydrogen-bond donors (Lipinski definition) is 1. The second-order valence-electron chi connectivity index (χ2n) is 2.17. The van der Waals surface area contributed by atoms with Crippen molar-refractivity contribution < 1.29 is 4.39 Å². The summed E-state index contributed by atoms with van der Waals surface area (Å²) >= 11 is 0. The molecular formula is C7H14FN. The predicted octanol–water partition coefficient (Wildman–Crippen LogP) is 1.99. The molecule has 9 heavy (non-hydrogen) atoms. The molecule has 0 saturated heterocycles. The molecule has 1 unspecified atom stereocenters. The Labute approximate surface area is 55.7 Å². The number of allylic oxidation sites excluding steroid dienone is 1. The highest BCUT2D eigenvalue weighted by Crippen LogP contribution is 2.03. The highest BCUT2D eigenvalue weighted by molar-refractivity contribution is 4.98. The van der Waals surface area contributed by atoms with Crippen molar-refractivity contribution in [3.63, 3.8) is 0 Å². The Hall–Kier alpha value is -0.370. The van der Waals surface area contributed by atoms with Crippen LogP contribution in [0, 0.1) is 0 Å². The zero-order valence-electron chi connectivity index (χ0n) is 6.02. The second kappa shape index (κ2) is 4.50. The molecule has 1 nitrogen and oxygen atoms in total. The second-order valence-corrected chi connectivity index (χ2v) is 2.17. The van der Waals surface area contributed by atoms with Gasteiger partial charge in [0.1, 0.15) is 5.83 Å². The van der Waals surface area contributed by atoms with E-state index >= 15 is 0 Å². The van der Waals surface area contributed by atoms with Crippen LogP contribution >= 0.6 is 0 Å². The summed E-state index contributed by atoms with van der Waals surface area (Å²) in [5.41, 5.74) is 5.23. The summed E-state index contributed by atoms with van der Waals surface area (Å²) in [4.78, 5) is 0. The van der Waals surface area contributed by atoms with E-state index in [2.05, 4.69) is 0 Å². The van der Waals surface area contributed by atoms with Crippen molar-refractivity contribution >= 4 is 0 Å². The molecule has 1 atom stereocenters. The first-order valence-corrected chi connectivity index (χ1v) is 3.29. The largest absolute Gasteiger partial charge is 0.322 e. The normalized spacial score (nSPS) is 15.8. The molecular weight excluding hydrogens is 117 g/mol. The minimum absolute atomic E-state index is 0.197. The maximum atomic E-state index is 12.4. The number of rotatable bonds is 3. The lowest BCUT2D eigenvalue weighted by atomic mass is 10.2. The van der Waals surface area contributed by atoms with E-state index in [-0.39, 0.29) is 5.83 Å². The molecule has 0 aliphatic carbocycles. The van der Waals surface area contributed by atoms with Crippen LogP contribution in [0.4, 0.5) is 4.39 Å². The number of hydrogen-bond acceptors (Lipinski definition) is 1. The van der Waals surface area contributed by atoms with E-state index in [1.54, 1.807) is 13.0 Å². The lowest BCUT2D eigenvalue weighted by Crippen LogP contribution is -2.14. The van der Waals surface area contributed by atoms with Gasteiger partial charge in [0, 0.05) is 0 Å². The van der Waals surface area contributed by atoms with Crippen molar-refractivity contribution in [1.82, 2.24) is 0 Å². The van der Waals surface area contributed by atoms with Crippen LogP contribution in [-0.2, 0) is 0 Å². The van der Waals surface area contributed by atoms with Gasteiger partial charge in [0.2, 0.25) is 0 Å². The maximum Gasteiger partial charge on any atom is 0.112 e. The van der Waals surface area contributed by atoms with Crippen molar-refractivity contribution in [2.45, 2.75) is 32.7 Å². The summed E-state index contributed by atoms with van der Waals surface area (Å²) < 4.78 is 12.4.